The molecule has 2 N–H and O–H groups in total. The lowest BCUT2D eigenvalue weighted by molar-refractivity contribution is 0.162. The van der Waals surface area contributed by atoms with E-state index in [9.17, 15) is 8.42 Å². The molecule has 0 aliphatic carbocycles. The number of para-hydroxylation sites is 1. The van der Waals surface area contributed by atoms with Crippen LogP contribution < -0.4 is 14.8 Å². The second kappa shape index (κ2) is 7.22. The zero-order valence-electron chi connectivity index (χ0n) is 12.5. The number of benzene rings is 1. The van der Waals surface area contributed by atoms with Crippen molar-refractivity contribution in [3.8, 4) is 5.75 Å². The lowest BCUT2D eigenvalue weighted by Crippen LogP contribution is -2.48. The molecule has 1 unspecified atom stereocenters. The highest BCUT2D eigenvalue weighted by Crippen LogP contribution is 2.29. The van der Waals surface area contributed by atoms with Crippen LogP contribution in [0.3, 0.4) is 0 Å². The maximum Gasteiger partial charge on any atom is 0.208 e. The first-order valence-electron chi connectivity index (χ1n) is 7.03. The molecule has 21 heavy (non-hydrogen) atoms. The Bertz CT molecular complexity index is 562. The minimum absolute atomic E-state index is 0.191. The van der Waals surface area contributed by atoms with E-state index in [1.54, 1.807) is 7.11 Å². The van der Waals surface area contributed by atoms with Gasteiger partial charge >= 0.3 is 0 Å². The Morgan fingerprint density at radius 2 is 2.19 bits per heavy atom. The zero-order chi connectivity index (χ0) is 15.3. The standard InChI is InChI=1S/C14H23N3O3S/c1-20-14-6-4-3-5-12(14)13-11-15-7-9-17(13)10-8-16-21(2,18)19/h3-6,13,15-16H,7-11H2,1-2H3. The van der Waals surface area contributed by atoms with Crippen molar-refractivity contribution >= 4 is 10.0 Å². The Labute approximate surface area is 126 Å². The van der Waals surface area contributed by atoms with Crippen molar-refractivity contribution in [3.63, 3.8) is 0 Å². The first-order valence-corrected chi connectivity index (χ1v) is 8.93. The van der Waals surface area contributed by atoms with Crippen LogP contribution >= 0.6 is 0 Å². The molecule has 0 aromatic heterocycles. The number of hydrogen-bond acceptors (Lipinski definition) is 5. The topological polar surface area (TPSA) is 70.7 Å². The van der Waals surface area contributed by atoms with Crippen molar-refractivity contribution in [2.24, 2.45) is 0 Å². The molecule has 0 spiro atoms. The number of sulfonamides is 1. The molecule has 0 amide bonds. The SMILES string of the molecule is COc1ccccc1C1CNCCN1CCNS(C)(=O)=O. The molecule has 1 aliphatic heterocycles. The van der Waals surface area contributed by atoms with Gasteiger partial charge in [0.1, 0.15) is 5.75 Å². The van der Waals surface area contributed by atoms with Crippen LogP contribution in [0.25, 0.3) is 0 Å². The summed E-state index contributed by atoms with van der Waals surface area (Å²) in [6.45, 7) is 3.72. The van der Waals surface area contributed by atoms with Gasteiger partial charge in [-0.3, -0.25) is 4.90 Å². The summed E-state index contributed by atoms with van der Waals surface area (Å²) >= 11 is 0. The third kappa shape index (κ3) is 4.67. The lowest BCUT2D eigenvalue weighted by Gasteiger charge is -2.37. The normalized spacial score (nSPS) is 20.4. The molecule has 1 atom stereocenters. The van der Waals surface area contributed by atoms with Crippen LogP contribution in [0.1, 0.15) is 11.6 Å². The van der Waals surface area contributed by atoms with Gasteiger partial charge in [-0.15, -0.1) is 0 Å². The molecule has 1 heterocycles. The average molecular weight is 313 g/mol. The summed E-state index contributed by atoms with van der Waals surface area (Å²) in [7, 11) is -1.47. The second-order valence-corrected chi connectivity index (χ2v) is 7.00. The third-order valence-corrected chi connectivity index (χ3v) is 4.34. The van der Waals surface area contributed by atoms with Crippen LogP contribution in [0.15, 0.2) is 24.3 Å². The minimum Gasteiger partial charge on any atom is -0.496 e. The Balaban J connectivity index is 2.08. The van der Waals surface area contributed by atoms with Gasteiger partial charge in [-0.1, -0.05) is 18.2 Å². The Morgan fingerprint density at radius 1 is 1.43 bits per heavy atom. The van der Waals surface area contributed by atoms with Crippen LogP contribution in [-0.4, -0.2) is 59.4 Å². The fourth-order valence-electron chi connectivity index (χ4n) is 2.64. The zero-order valence-corrected chi connectivity index (χ0v) is 13.3. The molecule has 0 saturated carbocycles. The molecule has 2 rings (SSSR count). The van der Waals surface area contributed by atoms with E-state index in [1.165, 1.54) is 6.26 Å². The van der Waals surface area contributed by atoms with Crippen LogP contribution in [0.5, 0.6) is 5.75 Å². The van der Waals surface area contributed by atoms with Gasteiger partial charge in [-0.25, -0.2) is 13.1 Å². The van der Waals surface area contributed by atoms with Gasteiger partial charge in [-0.05, 0) is 6.07 Å². The van der Waals surface area contributed by atoms with Gasteiger partial charge in [0, 0.05) is 38.3 Å². The monoisotopic (exact) mass is 313 g/mol. The maximum atomic E-state index is 11.2. The second-order valence-electron chi connectivity index (χ2n) is 5.16. The number of hydrogen-bond donors (Lipinski definition) is 2. The highest BCUT2D eigenvalue weighted by molar-refractivity contribution is 7.88. The maximum absolute atomic E-state index is 11.2. The van der Waals surface area contributed by atoms with E-state index in [4.69, 9.17) is 4.74 Å². The number of nitrogens with one attached hydrogen (secondary N) is 2. The number of nitrogens with zero attached hydrogens (tertiary/aromatic N) is 1. The highest BCUT2D eigenvalue weighted by Gasteiger charge is 2.25. The molecule has 1 aromatic carbocycles. The summed E-state index contributed by atoms with van der Waals surface area (Å²) < 4.78 is 30.3. The molecule has 0 bridgehead atoms. The summed E-state index contributed by atoms with van der Waals surface area (Å²) in [5.74, 6) is 0.868. The first-order chi connectivity index (χ1) is 10.0. The molecular weight excluding hydrogens is 290 g/mol. The van der Waals surface area contributed by atoms with Gasteiger partial charge in [0.2, 0.25) is 10.0 Å². The number of piperazine rings is 1. The van der Waals surface area contributed by atoms with Gasteiger partial charge < -0.3 is 10.1 Å². The van der Waals surface area contributed by atoms with Gasteiger partial charge in [0.15, 0.2) is 0 Å². The van der Waals surface area contributed by atoms with Crippen molar-refractivity contribution in [1.29, 1.82) is 0 Å². The number of rotatable bonds is 6. The first kappa shape index (κ1) is 16.2. The molecule has 1 saturated heterocycles. The van der Waals surface area contributed by atoms with Crippen molar-refractivity contribution in [3.05, 3.63) is 29.8 Å². The van der Waals surface area contributed by atoms with E-state index in [0.717, 1.165) is 30.9 Å². The Morgan fingerprint density at radius 3 is 2.90 bits per heavy atom. The summed E-state index contributed by atoms with van der Waals surface area (Å²) in [5.41, 5.74) is 1.13. The van der Waals surface area contributed by atoms with Gasteiger partial charge in [0.25, 0.3) is 0 Å². The summed E-state index contributed by atoms with van der Waals surface area (Å²) in [6.07, 6.45) is 1.18. The highest BCUT2D eigenvalue weighted by atomic mass is 32.2. The molecule has 1 aliphatic rings. The Kier molecular flexibility index (Phi) is 5.58. The van der Waals surface area contributed by atoms with E-state index in [-0.39, 0.29) is 6.04 Å². The smallest absolute Gasteiger partial charge is 0.208 e. The van der Waals surface area contributed by atoms with Crippen molar-refractivity contribution in [2.75, 3.05) is 46.1 Å². The molecule has 7 heteroatoms. The van der Waals surface area contributed by atoms with Gasteiger partial charge in [0.05, 0.1) is 19.4 Å². The summed E-state index contributed by atoms with van der Waals surface area (Å²) in [5, 5.41) is 3.39. The minimum atomic E-state index is -3.14. The van der Waals surface area contributed by atoms with Crippen molar-refractivity contribution in [2.45, 2.75) is 6.04 Å². The van der Waals surface area contributed by atoms with Crippen molar-refractivity contribution in [1.82, 2.24) is 14.9 Å². The molecule has 1 aromatic rings. The van der Waals surface area contributed by atoms with E-state index in [2.05, 4.69) is 21.0 Å². The third-order valence-electron chi connectivity index (χ3n) is 3.62. The molecule has 6 nitrogen and oxygen atoms in total. The molecule has 1 fully saturated rings. The molecule has 118 valence electrons. The predicted octanol–water partition coefficient (Wildman–Crippen LogP) is 0.191. The van der Waals surface area contributed by atoms with Crippen LogP contribution in [0.2, 0.25) is 0 Å². The largest absolute Gasteiger partial charge is 0.496 e. The fraction of sp³-hybridized carbons (Fsp3) is 0.571. The molecule has 0 radical (unpaired) electrons. The van der Waals surface area contributed by atoms with E-state index < -0.39 is 10.0 Å². The van der Waals surface area contributed by atoms with Crippen molar-refractivity contribution < 1.29 is 13.2 Å². The quantitative estimate of drug-likeness (QED) is 0.785. The van der Waals surface area contributed by atoms with E-state index in [0.29, 0.717) is 13.1 Å². The number of ether oxygens (including phenoxy) is 1. The molecular formula is C14H23N3O3S. The summed E-state index contributed by atoms with van der Waals surface area (Å²) in [4.78, 5) is 2.28. The number of methoxy groups -OCH3 is 1. The Hall–Kier alpha value is -1.15. The van der Waals surface area contributed by atoms with Crippen LogP contribution in [-0.2, 0) is 10.0 Å². The van der Waals surface area contributed by atoms with E-state index in [1.807, 2.05) is 18.2 Å². The lowest BCUT2D eigenvalue weighted by atomic mass is 10.0. The fourth-order valence-corrected chi connectivity index (χ4v) is 3.10. The summed E-state index contributed by atoms with van der Waals surface area (Å²) in [6, 6.07) is 8.16. The average Bonchev–Trinajstić information content (AvgIpc) is 2.46. The van der Waals surface area contributed by atoms with Gasteiger partial charge in [-0.2, -0.15) is 0 Å². The van der Waals surface area contributed by atoms with E-state index >= 15 is 0 Å². The van der Waals surface area contributed by atoms with Crippen LogP contribution in [0, 0.1) is 0 Å². The predicted molar refractivity (Wildman–Crippen MR) is 83.0 cm³/mol. The van der Waals surface area contributed by atoms with Crippen LogP contribution in [0.4, 0.5) is 0 Å².